The van der Waals surface area contributed by atoms with Crippen molar-refractivity contribution in [3.05, 3.63) is 40.9 Å². The Morgan fingerprint density at radius 3 is 2.73 bits per heavy atom. The van der Waals surface area contributed by atoms with E-state index in [1.54, 1.807) is 0 Å². The van der Waals surface area contributed by atoms with Crippen molar-refractivity contribution >= 4 is 17.7 Å². The van der Waals surface area contributed by atoms with E-state index in [0.717, 1.165) is 23.7 Å². The van der Waals surface area contributed by atoms with Gasteiger partial charge in [0, 0.05) is 24.5 Å². The number of nitrogens with one attached hydrogen (secondary N) is 1. The Bertz CT molecular complexity index is 349. The van der Waals surface area contributed by atoms with Gasteiger partial charge in [-0.1, -0.05) is 35.9 Å². The summed E-state index contributed by atoms with van der Waals surface area (Å²) in [5.74, 6) is 0. The fourth-order valence-corrected chi connectivity index (χ4v) is 1.22. The van der Waals surface area contributed by atoms with Crippen molar-refractivity contribution in [2.24, 2.45) is 0 Å². The summed E-state index contributed by atoms with van der Waals surface area (Å²) < 4.78 is 0. The van der Waals surface area contributed by atoms with Crippen molar-refractivity contribution in [3.63, 3.8) is 0 Å². The van der Waals surface area contributed by atoms with Crippen LogP contribution in [0.1, 0.15) is 12.0 Å². The lowest BCUT2D eigenvalue weighted by Gasteiger charge is -1.96. The van der Waals surface area contributed by atoms with Gasteiger partial charge in [-0.25, -0.2) is 0 Å². The molecule has 0 aliphatic carbocycles. The van der Waals surface area contributed by atoms with Crippen LogP contribution < -0.4 is 5.32 Å². The molecule has 0 bridgehead atoms. The molecule has 3 heteroatoms. The molecule has 78 valence electrons. The smallest absolute Gasteiger partial charge is 0.0635 e. The average molecular weight is 221 g/mol. The Labute approximate surface area is 95.2 Å². The summed E-state index contributed by atoms with van der Waals surface area (Å²) in [4.78, 5) is 0. The minimum atomic E-state index is 0.550. The lowest BCUT2D eigenvalue weighted by atomic mass is 10.2. The fraction of sp³-hybridized carbons (Fsp3) is 0.250. The van der Waals surface area contributed by atoms with Crippen LogP contribution in [-0.2, 0) is 0 Å². The van der Waals surface area contributed by atoms with E-state index >= 15 is 0 Å². The van der Waals surface area contributed by atoms with Crippen LogP contribution in [0.15, 0.2) is 30.3 Å². The third-order valence-corrected chi connectivity index (χ3v) is 2.11. The highest BCUT2D eigenvalue weighted by Crippen LogP contribution is 2.10. The molecular weight excluding hydrogens is 208 g/mol. The van der Waals surface area contributed by atoms with E-state index in [2.05, 4.69) is 11.4 Å². The SMILES string of the molecule is N#CCCNC/C=C/c1ccc(Cl)cc1. The van der Waals surface area contributed by atoms with Gasteiger partial charge in [0.15, 0.2) is 0 Å². The maximum atomic E-state index is 8.31. The zero-order valence-electron chi connectivity index (χ0n) is 8.41. The summed E-state index contributed by atoms with van der Waals surface area (Å²) in [6.07, 6.45) is 4.60. The molecule has 0 unspecified atom stereocenters. The summed E-state index contributed by atoms with van der Waals surface area (Å²) >= 11 is 5.76. The lowest BCUT2D eigenvalue weighted by molar-refractivity contribution is 0.762. The van der Waals surface area contributed by atoms with E-state index in [4.69, 9.17) is 16.9 Å². The highest BCUT2D eigenvalue weighted by atomic mass is 35.5. The normalized spacial score (nSPS) is 10.4. The minimum absolute atomic E-state index is 0.550. The minimum Gasteiger partial charge on any atom is -0.312 e. The Morgan fingerprint density at radius 1 is 1.33 bits per heavy atom. The first-order chi connectivity index (χ1) is 7.33. The van der Waals surface area contributed by atoms with Gasteiger partial charge in [0.2, 0.25) is 0 Å². The highest BCUT2D eigenvalue weighted by molar-refractivity contribution is 6.30. The van der Waals surface area contributed by atoms with Crippen LogP contribution >= 0.6 is 11.6 Å². The maximum absolute atomic E-state index is 8.31. The van der Waals surface area contributed by atoms with Crippen molar-refractivity contribution in [3.8, 4) is 6.07 Å². The Hall–Kier alpha value is -1.30. The van der Waals surface area contributed by atoms with Crippen molar-refractivity contribution in [2.45, 2.75) is 6.42 Å². The van der Waals surface area contributed by atoms with Gasteiger partial charge in [-0.15, -0.1) is 0 Å². The molecule has 0 spiro atoms. The molecule has 0 heterocycles. The third kappa shape index (κ3) is 5.21. The van der Waals surface area contributed by atoms with Gasteiger partial charge in [-0.2, -0.15) is 5.26 Å². The van der Waals surface area contributed by atoms with E-state index in [9.17, 15) is 0 Å². The Balaban J connectivity index is 2.26. The number of rotatable bonds is 5. The van der Waals surface area contributed by atoms with Gasteiger partial charge < -0.3 is 5.32 Å². The van der Waals surface area contributed by atoms with E-state index in [0.29, 0.717) is 6.42 Å². The molecule has 0 saturated heterocycles. The molecule has 0 radical (unpaired) electrons. The van der Waals surface area contributed by atoms with Crippen LogP contribution in [0.3, 0.4) is 0 Å². The van der Waals surface area contributed by atoms with Gasteiger partial charge in [-0.05, 0) is 17.7 Å². The predicted octanol–water partition coefficient (Wildman–Crippen LogP) is 2.86. The summed E-state index contributed by atoms with van der Waals surface area (Å²) in [7, 11) is 0. The summed E-state index contributed by atoms with van der Waals surface area (Å²) in [5.41, 5.74) is 1.13. The van der Waals surface area contributed by atoms with Gasteiger partial charge in [0.25, 0.3) is 0 Å². The number of hydrogen-bond acceptors (Lipinski definition) is 2. The van der Waals surface area contributed by atoms with E-state index in [1.165, 1.54) is 0 Å². The van der Waals surface area contributed by atoms with Crippen LogP contribution in [0, 0.1) is 11.3 Å². The number of nitrogens with zero attached hydrogens (tertiary/aromatic N) is 1. The molecule has 1 aromatic carbocycles. The van der Waals surface area contributed by atoms with E-state index in [-0.39, 0.29) is 0 Å². The third-order valence-electron chi connectivity index (χ3n) is 1.86. The maximum Gasteiger partial charge on any atom is 0.0635 e. The summed E-state index contributed by atoms with van der Waals surface area (Å²) in [6, 6.07) is 9.74. The second kappa shape index (κ2) is 7.05. The molecule has 0 saturated carbocycles. The van der Waals surface area contributed by atoms with E-state index < -0.39 is 0 Å². The van der Waals surface area contributed by atoms with Crippen LogP contribution in [0.4, 0.5) is 0 Å². The molecule has 15 heavy (non-hydrogen) atoms. The van der Waals surface area contributed by atoms with E-state index in [1.807, 2.05) is 36.4 Å². The molecule has 0 aliphatic rings. The fourth-order valence-electron chi connectivity index (χ4n) is 1.10. The zero-order chi connectivity index (χ0) is 10.9. The molecule has 0 amide bonds. The molecule has 0 aliphatic heterocycles. The van der Waals surface area contributed by atoms with Crippen LogP contribution in [0.2, 0.25) is 5.02 Å². The first-order valence-corrected chi connectivity index (χ1v) is 5.20. The Morgan fingerprint density at radius 2 is 2.07 bits per heavy atom. The molecule has 2 nitrogen and oxygen atoms in total. The number of benzene rings is 1. The van der Waals surface area contributed by atoms with Gasteiger partial charge in [0.05, 0.1) is 6.07 Å². The van der Waals surface area contributed by atoms with Crippen molar-refractivity contribution < 1.29 is 0 Å². The van der Waals surface area contributed by atoms with Gasteiger partial charge in [-0.3, -0.25) is 0 Å². The molecule has 0 aromatic heterocycles. The molecular formula is C12H13ClN2. The number of halogens is 1. The number of nitriles is 1. The average Bonchev–Trinajstić information content (AvgIpc) is 2.26. The van der Waals surface area contributed by atoms with Crippen LogP contribution in [0.5, 0.6) is 0 Å². The summed E-state index contributed by atoms with van der Waals surface area (Å²) in [5, 5.41) is 12.2. The first-order valence-electron chi connectivity index (χ1n) is 4.82. The second-order valence-electron chi connectivity index (χ2n) is 3.07. The van der Waals surface area contributed by atoms with Crippen molar-refractivity contribution in [2.75, 3.05) is 13.1 Å². The van der Waals surface area contributed by atoms with Crippen LogP contribution in [-0.4, -0.2) is 13.1 Å². The van der Waals surface area contributed by atoms with Crippen LogP contribution in [0.25, 0.3) is 6.08 Å². The summed E-state index contributed by atoms with van der Waals surface area (Å²) in [6.45, 7) is 1.52. The molecule has 1 aromatic rings. The largest absolute Gasteiger partial charge is 0.312 e. The first kappa shape index (κ1) is 11.8. The standard InChI is InChI=1S/C12H13ClN2/c13-12-6-4-11(5-7-12)3-1-9-15-10-2-8-14/h1,3-7,15H,2,9-10H2/b3-1+. The number of hydrogen-bond donors (Lipinski definition) is 1. The molecule has 0 fully saturated rings. The zero-order valence-corrected chi connectivity index (χ0v) is 9.17. The molecule has 1 N–H and O–H groups in total. The molecule has 0 atom stereocenters. The highest BCUT2D eigenvalue weighted by Gasteiger charge is 1.87. The Kier molecular flexibility index (Phi) is 5.54. The predicted molar refractivity (Wildman–Crippen MR) is 63.6 cm³/mol. The van der Waals surface area contributed by atoms with Gasteiger partial charge >= 0.3 is 0 Å². The van der Waals surface area contributed by atoms with Gasteiger partial charge in [0.1, 0.15) is 0 Å². The quantitative estimate of drug-likeness (QED) is 0.775. The second-order valence-corrected chi connectivity index (χ2v) is 3.50. The molecule has 1 rings (SSSR count). The van der Waals surface area contributed by atoms with Crippen molar-refractivity contribution in [1.29, 1.82) is 5.26 Å². The topological polar surface area (TPSA) is 35.8 Å². The monoisotopic (exact) mass is 220 g/mol. The van der Waals surface area contributed by atoms with Crippen molar-refractivity contribution in [1.82, 2.24) is 5.32 Å². The lowest BCUT2D eigenvalue weighted by Crippen LogP contribution is -2.14.